The highest BCUT2D eigenvalue weighted by Crippen LogP contribution is 2.39. The zero-order chi connectivity index (χ0) is 19.8. The van der Waals surface area contributed by atoms with Crippen molar-refractivity contribution in [2.24, 2.45) is 0 Å². The van der Waals surface area contributed by atoms with Gasteiger partial charge in [0, 0.05) is 18.2 Å². The van der Waals surface area contributed by atoms with E-state index in [2.05, 4.69) is 5.32 Å². The molecular weight excluding hydrogens is 366 g/mol. The van der Waals surface area contributed by atoms with Crippen LogP contribution in [0.15, 0.2) is 54.0 Å². The number of benzene rings is 2. The van der Waals surface area contributed by atoms with Gasteiger partial charge in [-0.05, 0) is 30.7 Å². The fourth-order valence-corrected chi connectivity index (χ4v) is 2.55. The molecule has 0 heterocycles. The zero-order valence-corrected chi connectivity index (χ0v) is 14.3. The van der Waals surface area contributed by atoms with Crippen molar-refractivity contribution in [3.63, 3.8) is 0 Å². The summed E-state index contributed by atoms with van der Waals surface area (Å²) in [6, 6.07) is 8.82. The SMILES string of the molecule is CC1(NCc2ccc(OCc3cccc(C(F)(F)F)c3)cc2F)C(O)=C1O. The van der Waals surface area contributed by atoms with Crippen molar-refractivity contribution in [3.05, 3.63) is 76.5 Å². The van der Waals surface area contributed by atoms with Crippen LogP contribution in [0.3, 0.4) is 0 Å². The number of rotatable bonds is 6. The third-order valence-corrected chi connectivity index (χ3v) is 4.43. The number of alkyl halides is 3. The van der Waals surface area contributed by atoms with E-state index in [1.165, 1.54) is 24.3 Å². The van der Waals surface area contributed by atoms with Crippen molar-refractivity contribution in [3.8, 4) is 5.75 Å². The molecule has 0 saturated carbocycles. The van der Waals surface area contributed by atoms with Gasteiger partial charge in [-0.25, -0.2) is 4.39 Å². The van der Waals surface area contributed by atoms with Crippen molar-refractivity contribution in [1.82, 2.24) is 5.32 Å². The van der Waals surface area contributed by atoms with E-state index in [9.17, 15) is 27.8 Å². The first-order valence-electron chi connectivity index (χ1n) is 8.07. The molecule has 3 rings (SSSR count). The van der Waals surface area contributed by atoms with Crippen LogP contribution in [0.2, 0.25) is 0 Å². The monoisotopic (exact) mass is 383 g/mol. The number of halogens is 4. The van der Waals surface area contributed by atoms with E-state index in [0.717, 1.165) is 18.2 Å². The van der Waals surface area contributed by atoms with Crippen LogP contribution in [0, 0.1) is 5.82 Å². The number of hydrogen-bond donors (Lipinski definition) is 3. The van der Waals surface area contributed by atoms with Crippen LogP contribution < -0.4 is 10.1 Å². The predicted molar refractivity (Wildman–Crippen MR) is 89.7 cm³/mol. The van der Waals surface area contributed by atoms with Crippen molar-refractivity contribution >= 4 is 0 Å². The van der Waals surface area contributed by atoms with Crippen LogP contribution in [0.25, 0.3) is 0 Å². The Morgan fingerprint density at radius 3 is 2.37 bits per heavy atom. The summed E-state index contributed by atoms with van der Waals surface area (Å²) >= 11 is 0. The van der Waals surface area contributed by atoms with Crippen LogP contribution in [-0.2, 0) is 19.3 Å². The molecule has 0 bridgehead atoms. The number of ether oxygens (including phenoxy) is 1. The Hall–Kier alpha value is -2.74. The molecule has 0 spiro atoms. The van der Waals surface area contributed by atoms with Gasteiger partial charge in [0.15, 0.2) is 11.5 Å². The van der Waals surface area contributed by atoms with Gasteiger partial charge >= 0.3 is 6.18 Å². The summed E-state index contributed by atoms with van der Waals surface area (Å²) in [5.74, 6) is -0.754. The minimum absolute atomic E-state index is 0.0599. The molecule has 27 heavy (non-hydrogen) atoms. The Morgan fingerprint density at radius 2 is 1.78 bits per heavy atom. The molecule has 4 nitrogen and oxygen atoms in total. The standard InChI is InChI=1S/C19H17F4NO3/c1-18(16(25)17(18)26)24-9-12-5-6-14(8-15(12)20)27-10-11-3-2-4-13(7-11)19(21,22)23/h2-8,24-26H,9-10H2,1H3. The molecule has 1 aliphatic rings. The molecular formula is C19H17F4NO3. The van der Waals surface area contributed by atoms with Gasteiger partial charge in [0.05, 0.1) is 5.56 Å². The quantitative estimate of drug-likeness (QED) is 0.638. The van der Waals surface area contributed by atoms with E-state index in [0.29, 0.717) is 5.56 Å². The lowest BCUT2D eigenvalue weighted by Gasteiger charge is -2.14. The van der Waals surface area contributed by atoms with Gasteiger partial charge in [-0.1, -0.05) is 18.2 Å². The fraction of sp³-hybridized carbons (Fsp3) is 0.263. The van der Waals surface area contributed by atoms with E-state index in [-0.39, 0.29) is 36.0 Å². The van der Waals surface area contributed by atoms with Gasteiger partial charge in [0.1, 0.15) is 23.7 Å². The van der Waals surface area contributed by atoms with Gasteiger partial charge in [0.2, 0.25) is 0 Å². The minimum Gasteiger partial charge on any atom is -0.506 e. The molecule has 0 saturated heterocycles. The highest BCUT2D eigenvalue weighted by atomic mass is 19.4. The lowest BCUT2D eigenvalue weighted by Crippen LogP contribution is -2.32. The molecule has 8 heteroatoms. The lowest BCUT2D eigenvalue weighted by atomic mass is 10.1. The smallest absolute Gasteiger partial charge is 0.416 e. The molecule has 2 aromatic rings. The first-order valence-corrected chi connectivity index (χ1v) is 8.07. The average Bonchev–Trinajstić information content (AvgIpc) is 3.09. The van der Waals surface area contributed by atoms with Gasteiger partial charge in [-0.15, -0.1) is 0 Å². The van der Waals surface area contributed by atoms with Crippen LogP contribution in [0.4, 0.5) is 17.6 Å². The summed E-state index contributed by atoms with van der Waals surface area (Å²) in [6.07, 6.45) is -4.44. The molecule has 2 aromatic carbocycles. The third-order valence-electron chi connectivity index (χ3n) is 4.43. The number of nitrogens with one attached hydrogen (secondary N) is 1. The Balaban J connectivity index is 1.60. The summed E-state index contributed by atoms with van der Waals surface area (Å²) in [7, 11) is 0. The predicted octanol–water partition coefficient (Wildman–Crippen LogP) is 4.61. The molecule has 0 aromatic heterocycles. The van der Waals surface area contributed by atoms with Crippen molar-refractivity contribution in [2.45, 2.75) is 31.8 Å². The molecule has 0 amide bonds. The second kappa shape index (κ2) is 6.77. The molecule has 144 valence electrons. The number of aliphatic hydroxyl groups excluding tert-OH is 2. The first-order chi connectivity index (χ1) is 12.6. The Kier molecular flexibility index (Phi) is 4.77. The molecule has 0 unspecified atom stereocenters. The first kappa shape index (κ1) is 19.0. The summed E-state index contributed by atoms with van der Waals surface area (Å²) in [5.41, 5.74) is -1.19. The molecule has 0 aliphatic heterocycles. The van der Waals surface area contributed by atoms with E-state index in [4.69, 9.17) is 4.74 Å². The van der Waals surface area contributed by atoms with Crippen LogP contribution >= 0.6 is 0 Å². The fourth-order valence-electron chi connectivity index (χ4n) is 2.55. The molecule has 0 radical (unpaired) electrons. The van der Waals surface area contributed by atoms with E-state index < -0.39 is 23.1 Å². The van der Waals surface area contributed by atoms with Crippen molar-refractivity contribution in [1.29, 1.82) is 0 Å². The number of aliphatic hydroxyl groups is 2. The normalized spacial score (nSPS) is 15.7. The van der Waals surface area contributed by atoms with Gasteiger partial charge in [-0.2, -0.15) is 13.2 Å². The Morgan fingerprint density at radius 1 is 1.07 bits per heavy atom. The largest absolute Gasteiger partial charge is 0.506 e. The van der Waals surface area contributed by atoms with Crippen LogP contribution in [0.1, 0.15) is 23.6 Å². The van der Waals surface area contributed by atoms with Crippen LogP contribution in [-0.4, -0.2) is 15.8 Å². The Labute approximate surface area is 152 Å². The lowest BCUT2D eigenvalue weighted by molar-refractivity contribution is -0.137. The second-order valence-electron chi connectivity index (χ2n) is 6.42. The van der Waals surface area contributed by atoms with Crippen LogP contribution in [0.5, 0.6) is 5.75 Å². The molecule has 1 aliphatic carbocycles. The third kappa shape index (κ3) is 4.00. The summed E-state index contributed by atoms with van der Waals surface area (Å²) in [6.45, 7) is 1.48. The highest BCUT2D eigenvalue weighted by Gasteiger charge is 2.51. The Bertz CT molecular complexity index is 881. The topological polar surface area (TPSA) is 61.7 Å². The van der Waals surface area contributed by atoms with Gasteiger partial charge in [-0.3, -0.25) is 5.32 Å². The second-order valence-corrected chi connectivity index (χ2v) is 6.42. The summed E-state index contributed by atoms with van der Waals surface area (Å²) in [5, 5.41) is 21.6. The van der Waals surface area contributed by atoms with Crippen molar-refractivity contribution in [2.75, 3.05) is 0 Å². The summed E-state index contributed by atoms with van der Waals surface area (Å²) in [4.78, 5) is 0. The van der Waals surface area contributed by atoms with E-state index in [1.54, 1.807) is 6.92 Å². The maximum atomic E-state index is 14.2. The van der Waals surface area contributed by atoms with Gasteiger partial charge < -0.3 is 14.9 Å². The van der Waals surface area contributed by atoms with E-state index in [1.807, 2.05) is 0 Å². The molecule has 0 atom stereocenters. The average molecular weight is 383 g/mol. The minimum atomic E-state index is -4.44. The van der Waals surface area contributed by atoms with E-state index >= 15 is 0 Å². The number of hydrogen-bond acceptors (Lipinski definition) is 4. The maximum Gasteiger partial charge on any atom is 0.416 e. The molecule has 0 fully saturated rings. The van der Waals surface area contributed by atoms with Crippen molar-refractivity contribution < 1.29 is 32.5 Å². The zero-order valence-electron chi connectivity index (χ0n) is 14.3. The summed E-state index contributed by atoms with van der Waals surface area (Å²) < 4.78 is 57.7. The highest BCUT2D eigenvalue weighted by molar-refractivity contribution is 5.44. The maximum absolute atomic E-state index is 14.2. The van der Waals surface area contributed by atoms with Gasteiger partial charge in [0.25, 0.3) is 0 Å². The molecule has 3 N–H and O–H groups in total.